The third-order valence-electron chi connectivity index (χ3n) is 5.68. The van der Waals surface area contributed by atoms with Crippen molar-refractivity contribution in [3.05, 3.63) is 22.4 Å². The lowest BCUT2D eigenvalue weighted by atomic mass is 9.95. The Morgan fingerprint density at radius 1 is 1.37 bits per heavy atom. The van der Waals surface area contributed by atoms with Crippen molar-refractivity contribution in [2.45, 2.75) is 45.1 Å². The zero-order valence-corrected chi connectivity index (χ0v) is 19.8. The summed E-state index contributed by atoms with van der Waals surface area (Å²) in [7, 11) is 3.55. The normalized spacial score (nSPS) is 25.0. The number of nitrogens with zero attached hydrogens (tertiary/aromatic N) is 2. The first-order valence-electron chi connectivity index (χ1n) is 9.78. The van der Waals surface area contributed by atoms with Gasteiger partial charge in [-0.15, -0.1) is 35.3 Å². The van der Waals surface area contributed by atoms with Crippen LogP contribution in [0.25, 0.3) is 0 Å². The number of halogens is 1. The van der Waals surface area contributed by atoms with Gasteiger partial charge in [0.05, 0.1) is 0 Å². The molecule has 2 N–H and O–H groups in total. The molecular formula is C20H33IN4OS. The molecule has 27 heavy (non-hydrogen) atoms. The Labute approximate surface area is 184 Å². The van der Waals surface area contributed by atoms with E-state index in [-0.39, 0.29) is 36.4 Å². The second-order valence-corrected chi connectivity index (χ2v) is 9.18. The van der Waals surface area contributed by atoms with Crippen LogP contribution >= 0.6 is 35.3 Å². The van der Waals surface area contributed by atoms with Crippen LogP contribution in [0, 0.1) is 17.8 Å². The first kappa shape index (κ1) is 22.5. The van der Waals surface area contributed by atoms with Crippen LogP contribution in [0.4, 0.5) is 0 Å². The van der Waals surface area contributed by atoms with Crippen LogP contribution in [-0.4, -0.2) is 50.0 Å². The molecule has 2 aliphatic carbocycles. The molecule has 5 nitrogen and oxygen atoms in total. The molecule has 7 heteroatoms. The van der Waals surface area contributed by atoms with E-state index in [1.165, 1.54) is 30.6 Å². The Morgan fingerprint density at radius 2 is 2.19 bits per heavy atom. The van der Waals surface area contributed by atoms with E-state index >= 15 is 0 Å². The summed E-state index contributed by atoms with van der Waals surface area (Å²) < 4.78 is 0. The van der Waals surface area contributed by atoms with E-state index in [1.54, 1.807) is 19.0 Å². The van der Waals surface area contributed by atoms with Crippen molar-refractivity contribution >= 4 is 47.2 Å². The molecule has 1 heterocycles. The zero-order chi connectivity index (χ0) is 18.5. The fourth-order valence-corrected chi connectivity index (χ4v) is 5.02. The van der Waals surface area contributed by atoms with Gasteiger partial charge in [-0.05, 0) is 54.9 Å². The number of carbonyl (C=O) groups is 1. The largest absolute Gasteiger partial charge is 0.356 e. The van der Waals surface area contributed by atoms with Crippen LogP contribution < -0.4 is 10.6 Å². The summed E-state index contributed by atoms with van der Waals surface area (Å²) in [5, 5.41) is 9.24. The van der Waals surface area contributed by atoms with Crippen molar-refractivity contribution in [2.75, 3.05) is 27.2 Å². The minimum absolute atomic E-state index is 0. The second-order valence-electron chi connectivity index (χ2n) is 8.15. The molecule has 152 valence electrons. The van der Waals surface area contributed by atoms with Crippen molar-refractivity contribution in [2.24, 2.45) is 22.7 Å². The number of likely N-dealkylation sites (N-methyl/N-ethyl adjacent to an activating group) is 1. The fourth-order valence-electron chi connectivity index (χ4n) is 4.15. The Morgan fingerprint density at radius 3 is 2.78 bits per heavy atom. The van der Waals surface area contributed by atoms with Gasteiger partial charge in [0.25, 0.3) is 0 Å². The van der Waals surface area contributed by atoms with E-state index in [1.807, 2.05) is 11.3 Å². The van der Waals surface area contributed by atoms with Crippen molar-refractivity contribution in [1.82, 2.24) is 15.5 Å². The van der Waals surface area contributed by atoms with E-state index in [0.717, 1.165) is 30.8 Å². The van der Waals surface area contributed by atoms with Gasteiger partial charge >= 0.3 is 0 Å². The fraction of sp³-hybridized carbons (Fsp3) is 0.700. The summed E-state index contributed by atoms with van der Waals surface area (Å²) in [6.45, 7) is 3.32. The van der Waals surface area contributed by atoms with Crippen LogP contribution in [0.5, 0.6) is 0 Å². The first-order valence-corrected chi connectivity index (χ1v) is 10.7. The van der Waals surface area contributed by atoms with Crippen LogP contribution in [0.15, 0.2) is 22.5 Å². The first-order chi connectivity index (χ1) is 12.5. The lowest BCUT2D eigenvalue weighted by molar-refractivity contribution is -0.127. The molecular weight excluding hydrogens is 471 g/mol. The maximum atomic E-state index is 11.9. The Hall–Kier alpha value is -0.830. The highest BCUT2D eigenvalue weighted by atomic mass is 127. The Kier molecular flexibility index (Phi) is 8.85. The molecule has 2 aliphatic rings. The number of hydrogen-bond acceptors (Lipinski definition) is 3. The standard InChI is InChI=1S/C20H32N4OS.HI/c1-14(9-17-5-4-8-26-17)12-21-20(22-13-19(25)24(2)3)23-18-11-15-6-7-16(18)10-15;/h4-5,8,14-16,18H,6-7,9-13H2,1-3H3,(H2,21,22,23);1H. The maximum absolute atomic E-state index is 11.9. The Bertz CT molecular complexity index is 620. The number of rotatable bonds is 7. The molecule has 1 amide bonds. The molecule has 4 unspecified atom stereocenters. The molecule has 2 fully saturated rings. The quantitative estimate of drug-likeness (QED) is 0.340. The number of carbonyl (C=O) groups excluding carboxylic acids is 1. The highest BCUT2D eigenvalue weighted by Gasteiger charge is 2.39. The van der Waals surface area contributed by atoms with E-state index < -0.39 is 0 Å². The van der Waals surface area contributed by atoms with E-state index in [4.69, 9.17) is 0 Å². The summed E-state index contributed by atoms with van der Waals surface area (Å²) in [6, 6.07) is 4.82. The summed E-state index contributed by atoms with van der Waals surface area (Å²) in [5.41, 5.74) is 0. The minimum Gasteiger partial charge on any atom is -0.356 e. The predicted octanol–water partition coefficient (Wildman–Crippen LogP) is 3.36. The lowest BCUT2D eigenvalue weighted by Gasteiger charge is -2.26. The minimum atomic E-state index is 0. The van der Waals surface area contributed by atoms with Gasteiger partial charge in [0.2, 0.25) is 5.91 Å². The van der Waals surface area contributed by atoms with Gasteiger partial charge in [0, 0.05) is 31.6 Å². The third-order valence-corrected chi connectivity index (χ3v) is 6.58. The molecule has 4 atom stereocenters. The number of guanidine groups is 1. The van der Waals surface area contributed by atoms with Crippen molar-refractivity contribution in [1.29, 1.82) is 0 Å². The molecule has 0 saturated heterocycles. The Balaban J connectivity index is 0.00000261. The summed E-state index contributed by atoms with van der Waals surface area (Å²) >= 11 is 1.81. The molecule has 0 radical (unpaired) electrons. The van der Waals surface area contributed by atoms with Gasteiger partial charge in [0.15, 0.2) is 5.96 Å². The molecule has 2 saturated carbocycles. The summed E-state index contributed by atoms with van der Waals surface area (Å²) in [6.07, 6.45) is 6.40. The predicted molar refractivity (Wildman–Crippen MR) is 124 cm³/mol. The third kappa shape index (κ3) is 6.62. The average Bonchev–Trinajstić information content (AvgIpc) is 3.35. The number of fused-ring (bicyclic) bond motifs is 2. The van der Waals surface area contributed by atoms with E-state index in [9.17, 15) is 4.79 Å². The summed E-state index contributed by atoms with van der Waals surface area (Å²) in [4.78, 5) is 19.5. The van der Waals surface area contributed by atoms with Gasteiger partial charge in [-0.2, -0.15) is 0 Å². The topological polar surface area (TPSA) is 56.7 Å². The number of nitrogens with one attached hydrogen (secondary N) is 2. The molecule has 1 aromatic heterocycles. The van der Waals surface area contributed by atoms with Crippen LogP contribution in [0.3, 0.4) is 0 Å². The molecule has 0 aromatic carbocycles. The van der Waals surface area contributed by atoms with Gasteiger partial charge in [0.1, 0.15) is 6.54 Å². The highest BCUT2D eigenvalue weighted by Crippen LogP contribution is 2.44. The van der Waals surface area contributed by atoms with Crippen molar-refractivity contribution < 1.29 is 4.79 Å². The highest BCUT2D eigenvalue weighted by molar-refractivity contribution is 14.0. The van der Waals surface area contributed by atoms with Gasteiger partial charge in [-0.1, -0.05) is 19.4 Å². The monoisotopic (exact) mass is 504 g/mol. The lowest BCUT2D eigenvalue weighted by Crippen LogP contribution is -2.47. The molecule has 2 bridgehead atoms. The molecule has 0 aliphatic heterocycles. The molecule has 3 rings (SSSR count). The number of aliphatic imine (C=N–C) groups is 1. The van der Waals surface area contributed by atoms with Gasteiger partial charge in [-0.25, -0.2) is 4.99 Å². The van der Waals surface area contributed by atoms with Gasteiger partial charge < -0.3 is 15.5 Å². The molecule has 1 aromatic rings. The van der Waals surface area contributed by atoms with Crippen molar-refractivity contribution in [3.63, 3.8) is 0 Å². The van der Waals surface area contributed by atoms with E-state index in [2.05, 4.69) is 40.1 Å². The van der Waals surface area contributed by atoms with Crippen LogP contribution in [-0.2, 0) is 11.2 Å². The maximum Gasteiger partial charge on any atom is 0.243 e. The zero-order valence-electron chi connectivity index (χ0n) is 16.6. The smallest absolute Gasteiger partial charge is 0.243 e. The number of thiophene rings is 1. The molecule has 0 spiro atoms. The number of amides is 1. The summed E-state index contributed by atoms with van der Waals surface area (Å²) in [5.74, 6) is 3.02. The number of hydrogen-bond donors (Lipinski definition) is 2. The van der Waals surface area contributed by atoms with Gasteiger partial charge in [-0.3, -0.25) is 4.79 Å². The van der Waals surface area contributed by atoms with Crippen LogP contribution in [0.2, 0.25) is 0 Å². The van der Waals surface area contributed by atoms with E-state index in [0.29, 0.717) is 12.0 Å². The second kappa shape index (κ2) is 10.6. The van der Waals surface area contributed by atoms with Crippen LogP contribution in [0.1, 0.15) is 37.5 Å². The SMILES string of the molecule is CC(CNC(=NCC(=O)N(C)C)NC1CC2CCC1C2)Cc1cccs1.I. The average molecular weight is 504 g/mol. The van der Waals surface area contributed by atoms with Crippen molar-refractivity contribution in [3.8, 4) is 0 Å².